The summed E-state index contributed by atoms with van der Waals surface area (Å²) in [4.78, 5) is 6.08. The minimum atomic E-state index is 0.267. The van der Waals surface area contributed by atoms with E-state index in [0.717, 1.165) is 25.4 Å². The van der Waals surface area contributed by atoms with Crippen molar-refractivity contribution in [2.24, 2.45) is 5.41 Å². The number of nitrogens with zero attached hydrogens (tertiary/aromatic N) is 2. The van der Waals surface area contributed by atoms with Gasteiger partial charge < -0.3 is 14.6 Å². The van der Waals surface area contributed by atoms with Crippen molar-refractivity contribution < 1.29 is 4.42 Å². The fourth-order valence-electron chi connectivity index (χ4n) is 1.77. The topological polar surface area (TPSA) is 41.3 Å². The number of nitrogens with one attached hydrogen (secondary N) is 1. The minimum absolute atomic E-state index is 0.267. The number of aromatic nitrogens is 1. The maximum atomic E-state index is 5.15. The second kappa shape index (κ2) is 5.28. The summed E-state index contributed by atoms with van der Waals surface area (Å²) in [5.41, 5.74) is 0.267. The molecule has 0 unspecified atom stereocenters. The summed E-state index contributed by atoms with van der Waals surface area (Å²) >= 11 is 0. The molecule has 0 spiro atoms. The Hall–Kier alpha value is -0.870. The van der Waals surface area contributed by atoms with E-state index in [1.165, 1.54) is 6.39 Å². The molecular weight excluding hydrogens is 190 g/mol. The Morgan fingerprint density at radius 2 is 2.20 bits per heavy atom. The second-order valence-corrected chi connectivity index (χ2v) is 4.97. The monoisotopic (exact) mass is 211 g/mol. The Labute approximate surface area is 91.7 Å². The van der Waals surface area contributed by atoms with Gasteiger partial charge in [-0.15, -0.1) is 0 Å². The first-order valence-electron chi connectivity index (χ1n) is 5.22. The largest absolute Gasteiger partial charge is 0.447 e. The zero-order valence-electron chi connectivity index (χ0n) is 10.1. The van der Waals surface area contributed by atoms with Crippen molar-refractivity contribution in [3.05, 3.63) is 18.4 Å². The predicted molar refractivity (Wildman–Crippen MR) is 60.5 cm³/mol. The first-order valence-corrected chi connectivity index (χ1v) is 5.22. The van der Waals surface area contributed by atoms with Crippen LogP contribution in [0.3, 0.4) is 0 Å². The van der Waals surface area contributed by atoms with Crippen LogP contribution < -0.4 is 5.32 Å². The fraction of sp³-hybridized carbons (Fsp3) is 0.727. The maximum absolute atomic E-state index is 5.15. The fourth-order valence-corrected chi connectivity index (χ4v) is 1.77. The molecule has 1 heterocycles. The van der Waals surface area contributed by atoms with Crippen LogP contribution >= 0.6 is 0 Å². The van der Waals surface area contributed by atoms with Gasteiger partial charge in [-0.3, -0.25) is 0 Å². The van der Waals surface area contributed by atoms with Crippen LogP contribution in [-0.4, -0.2) is 37.1 Å². The van der Waals surface area contributed by atoms with Gasteiger partial charge in [-0.05, 0) is 19.5 Å². The van der Waals surface area contributed by atoms with Crippen molar-refractivity contribution in [1.82, 2.24) is 15.2 Å². The summed E-state index contributed by atoms with van der Waals surface area (Å²) < 4.78 is 5.15. The summed E-state index contributed by atoms with van der Waals surface area (Å²) in [5, 5.41) is 3.37. The average molecular weight is 211 g/mol. The van der Waals surface area contributed by atoms with Crippen LogP contribution in [0.5, 0.6) is 0 Å². The van der Waals surface area contributed by atoms with E-state index in [1.807, 2.05) is 0 Å². The van der Waals surface area contributed by atoms with Gasteiger partial charge >= 0.3 is 0 Å². The molecule has 1 rings (SSSR count). The van der Waals surface area contributed by atoms with Crippen LogP contribution in [0.15, 0.2) is 17.0 Å². The van der Waals surface area contributed by atoms with Crippen LogP contribution in [0.25, 0.3) is 0 Å². The van der Waals surface area contributed by atoms with Gasteiger partial charge in [0.25, 0.3) is 0 Å². The zero-order valence-corrected chi connectivity index (χ0v) is 10.1. The zero-order chi connectivity index (χ0) is 11.3. The molecule has 0 atom stereocenters. The van der Waals surface area contributed by atoms with Crippen molar-refractivity contribution >= 4 is 0 Å². The number of hydrogen-bond donors (Lipinski definition) is 1. The summed E-state index contributed by atoms with van der Waals surface area (Å²) in [5.74, 6) is 0.885. The van der Waals surface area contributed by atoms with Crippen molar-refractivity contribution in [3.8, 4) is 0 Å². The third kappa shape index (κ3) is 4.95. The highest BCUT2D eigenvalue weighted by Gasteiger charge is 2.18. The van der Waals surface area contributed by atoms with E-state index in [2.05, 4.69) is 43.1 Å². The van der Waals surface area contributed by atoms with E-state index >= 15 is 0 Å². The highest BCUT2D eigenvalue weighted by molar-refractivity contribution is 4.87. The van der Waals surface area contributed by atoms with E-state index in [1.54, 1.807) is 6.20 Å². The molecular formula is C11H21N3O. The first kappa shape index (κ1) is 12.2. The van der Waals surface area contributed by atoms with Gasteiger partial charge in [-0.1, -0.05) is 13.8 Å². The van der Waals surface area contributed by atoms with E-state index in [-0.39, 0.29) is 5.41 Å². The molecule has 0 aliphatic rings. The van der Waals surface area contributed by atoms with Crippen molar-refractivity contribution in [3.63, 3.8) is 0 Å². The van der Waals surface area contributed by atoms with Gasteiger partial charge in [0.05, 0.1) is 12.7 Å². The smallest absolute Gasteiger partial charge is 0.180 e. The molecule has 86 valence electrons. The molecule has 4 heteroatoms. The Kier molecular flexibility index (Phi) is 4.29. The van der Waals surface area contributed by atoms with Crippen LogP contribution in [0.1, 0.15) is 19.6 Å². The van der Waals surface area contributed by atoms with Crippen LogP contribution in [0, 0.1) is 5.41 Å². The molecule has 0 fully saturated rings. The highest BCUT2D eigenvalue weighted by atomic mass is 16.3. The van der Waals surface area contributed by atoms with E-state index in [4.69, 9.17) is 4.42 Å². The molecule has 0 radical (unpaired) electrons. The lowest BCUT2D eigenvalue weighted by Crippen LogP contribution is -2.37. The molecule has 0 saturated carbocycles. The molecule has 1 aromatic heterocycles. The number of rotatable bonds is 6. The quantitative estimate of drug-likeness (QED) is 0.771. The Morgan fingerprint density at radius 3 is 2.73 bits per heavy atom. The predicted octanol–water partition coefficient (Wildman–Crippen LogP) is 1.35. The van der Waals surface area contributed by atoms with Crippen LogP contribution in [0.2, 0.25) is 0 Å². The SMILES string of the molecule is CN(C)CC(C)(C)CNCc1cnco1. The second-order valence-electron chi connectivity index (χ2n) is 4.97. The molecule has 0 bridgehead atoms. The summed E-state index contributed by atoms with van der Waals surface area (Å²) in [6.07, 6.45) is 3.20. The molecule has 4 nitrogen and oxygen atoms in total. The van der Waals surface area contributed by atoms with E-state index < -0.39 is 0 Å². The molecule has 0 aliphatic heterocycles. The molecule has 1 aromatic rings. The normalized spacial score (nSPS) is 12.3. The Bertz CT molecular complexity index is 267. The lowest BCUT2D eigenvalue weighted by molar-refractivity contribution is 0.230. The molecule has 0 amide bonds. The van der Waals surface area contributed by atoms with Crippen LogP contribution in [0.4, 0.5) is 0 Å². The lowest BCUT2D eigenvalue weighted by Gasteiger charge is -2.28. The van der Waals surface area contributed by atoms with Gasteiger partial charge in [-0.25, -0.2) is 4.98 Å². The average Bonchev–Trinajstić information content (AvgIpc) is 2.53. The Balaban J connectivity index is 2.24. The maximum Gasteiger partial charge on any atom is 0.180 e. The molecule has 0 saturated heterocycles. The lowest BCUT2D eigenvalue weighted by atomic mass is 9.93. The summed E-state index contributed by atoms with van der Waals surface area (Å²) in [7, 11) is 4.19. The molecule has 0 aromatic carbocycles. The van der Waals surface area contributed by atoms with Crippen LogP contribution in [-0.2, 0) is 6.54 Å². The molecule has 0 aliphatic carbocycles. The van der Waals surface area contributed by atoms with Gasteiger partial charge in [0, 0.05) is 13.1 Å². The summed E-state index contributed by atoms with van der Waals surface area (Å²) in [6, 6.07) is 0. The first-order chi connectivity index (χ1) is 6.99. The van der Waals surface area contributed by atoms with Gasteiger partial charge in [0.1, 0.15) is 5.76 Å². The third-order valence-corrected chi connectivity index (χ3v) is 2.13. The summed E-state index contributed by atoms with van der Waals surface area (Å²) in [6.45, 7) is 7.28. The van der Waals surface area contributed by atoms with Gasteiger partial charge in [-0.2, -0.15) is 0 Å². The van der Waals surface area contributed by atoms with E-state index in [9.17, 15) is 0 Å². The van der Waals surface area contributed by atoms with Crippen molar-refractivity contribution in [2.45, 2.75) is 20.4 Å². The highest BCUT2D eigenvalue weighted by Crippen LogP contribution is 2.14. The number of hydrogen-bond acceptors (Lipinski definition) is 4. The third-order valence-electron chi connectivity index (χ3n) is 2.13. The molecule has 15 heavy (non-hydrogen) atoms. The van der Waals surface area contributed by atoms with E-state index in [0.29, 0.717) is 0 Å². The van der Waals surface area contributed by atoms with Gasteiger partial charge in [0.2, 0.25) is 0 Å². The van der Waals surface area contributed by atoms with Crippen molar-refractivity contribution in [2.75, 3.05) is 27.2 Å². The standard InChI is InChI=1S/C11H21N3O/c1-11(2,8-14(3)4)7-12-5-10-6-13-9-15-10/h6,9,12H,5,7-8H2,1-4H3. The van der Waals surface area contributed by atoms with Crippen molar-refractivity contribution in [1.29, 1.82) is 0 Å². The minimum Gasteiger partial charge on any atom is -0.447 e. The number of oxazole rings is 1. The van der Waals surface area contributed by atoms with Gasteiger partial charge in [0.15, 0.2) is 6.39 Å². The Morgan fingerprint density at radius 1 is 1.47 bits per heavy atom. The molecule has 1 N–H and O–H groups in total.